The molecule has 5 nitrogen and oxygen atoms in total. The summed E-state index contributed by atoms with van der Waals surface area (Å²) in [6.45, 7) is 2.18. The molecule has 116 valence electrons. The van der Waals surface area contributed by atoms with E-state index in [1.54, 1.807) is 6.20 Å². The van der Waals surface area contributed by atoms with Crippen molar-refractivity contribution in [1.82, 2.24) is 19.9 Å². The van der Waals surface area contributed by atoms with E-state index < -0.39 is 11.6 Å². The van der Waals surface area contributed by atoms with Gasteiger partial charge in [-0.2, -0.15) is 0 Å². The van der Waals surface area contributed by atoms with Gasteiger partial charge in [-0.1, -0.05) is 11.3 Å². The Morgan fingerprint density at radius 1 is 1.27 bits per heavy atom. The van der Waals surface area contributed by atoms with Gasteiger partial charge in [0.2, 0.25) is 0 Å². The Bertz CT molecular complexity index is 670. The second-order valence-electron chi connectivity index (χ2n) is 5.81. The van der Waals surface area contributed by atoms with Crippen LogP contribution in [0.4, 0.5) is 8.78 Å². The van der Waals surface area contributed by atoms with Gasteiger partial charge in [0.05, 0.1) is 30.6 Å². The van der Waals surface area contributed by atoms with Crippen LogP contribution in [-0.4, -0.2) is 39.1 Å². The van der Waals surface area contributed by atoms with Crippen molar-refractivity contribution in [2.45, 2.75) is 31.7 Å². The van der Waals surface area contributed by atoms with Gasteiger partial charge >= 0.3 is 0 Å². The molecule has 1 fully saturated rings. The minimum absolute atomic E-state index is 0.0508. The summed E-state index contributed by atoms with van der Waals surface area (Å²) >= 11 is 0. The van der Waals surface area contributed by atoms with E-state index in [0.717, 1.165) is 18.7 Å². The molecule has 1 aromatic carbocycles. The van der Waals surface area contributed by atoms with Crippen molar-refractivity contribution in [1.29, 1.82) is 0 Å². The Morgan fingerprint density at radius 3 is 2.91 bits per heavy atom. The molecular weight excluding hydrogens is 290 g/mol. The maximum atomic E-state index is 13.8. The molecule has 0 saturated carbocycles. The highest BCUT2D eigenvalue weighted by Gasteiger charge is 2.36. The number of piperidine rings is 1. The zero-order chi connectivity index (χ0) is 15.1. The van der Waals surface area contributed by atoms with E-state index in [4.69, 9.17) is 4.74 Å². The average molecular weight is 306 g/mol. The summed E-state index contributed by atoms with van der Waals surface area (Å²) in [5, 5.41) is 8.06. The van der Waals surface area contributed by atoms with Crippen molar-refractivity contribution in [2.75, 3.05) is 13.1 Å². The van der Waals surface area contributed by atoms with Gasteiger partial charge in [0.15, 0.2) is 0 Å². The third-order valence-electron chi connectivity index (χ3n) is 4.46. The summed E-state index contributed by atoms with van der Waals surface area (Å²) < 4.78 is 35.3. The molecular formula is C15H16F2N4O. The quantitative estimate of drug-likeness (QED) is 0.850. The smallest absolute Gasteiger partial charge is 0.130 e. The van der Waals surface area contributed by atoms with Gasteiger partial charge in [-0.05, 0) is 18.6 Å². The van der Waals surface area contributed by atoms with Crippen LogP contribution in [0.15, 0.2) is 24.4 Å². The molecule has 1 saturated heterocycles. The first-order chi connectivity index (χ1) is 10.7. The van der Waals surface area contributed by atoms with Crippen LogP contribution < -0.4 is 0 Å². The van der Waals surface area contributed by atoms with Gasteiger partial charge in [0.25, 0.3) is 0 Å². The molecule has 0 amide bonds. The number of aromatic nitrogens is 3. The Hall–Kier alpha value is -1.86. The summed E-state index contributed by atoms with van der Waals surface area (Å²) in [7, 11) is 0. The summed E-state index contributed by atoms with van der Waals surface area (Å²) in [5.74, 6) is -0.994. The molecule has 4 rings (SSSR count). The van der Waals surface area contributed by atoms with Crippen molar-refractivity contribution < 1.29 is 13.5 Å². The number of rotatable bonds is 2. The number of fused-ring (bicyclic) bond motifs is 3. The maximum Gasteiger partial charge on any atom is 0.130 e. The van der Waals surface area contributed by atoms with Crippen LogP contribution in [0.1, 0.15) is 23.7 Å². The fourth-order valence-electron chi connectivity index (χ4n) is 3.30. The fraction of sp³-hybridized carbons (Fsp3) is 0.467. The molecule has 3 heterocycles. The number of benzene rings is 1. The van der Waals surface area contributed by atoms with Crippen molar-refractivity contribution >= 4 is 0 Å². The molecule has 0 radical (unpaired) electrons. The number of ether oxygens (including phenoxy) is 1. The first-order valence-electron chi connectivity index (χ1n) is 7.38. The SMILES string of the molecule is Fc1cccc(F)c1CN1CC[C@H]2OCc3cnnn3[C@@H]2C1. The molecule has 2 atom stereocenters. The molecule has 7 heteroatoms. The van der Waals surface area contributed by atoms with E-state index in [1.165, 1.54) is 18.2 Å². The summed E-state index contributed by atoms with van der Waals surface area (Å²) in [6.07, 6.45) is 2.61. The zero-order valence-electron chi connectivity index (χ0n) is 12.0. The lowest BCUT2D eigenvalue weighted by Gasteiger charge is -2.41. The number of halogens is 2. The van der Waals surface area contributed by atoms with Gasteiger partial charge in [-0.15, -0.1) is 5.10 Å². The lowest BCUT2D eigenvalue weighted by Crippen LogP contribution is -2.47. The van der Waals surface area contributed by atoms with Crippen LogP contribution in [0.3, 0.4) is 0 Å². The Kier molecular flexibility index (Phi) is 3.38. The normalized spacial score (nSPS) is 24.8. The Balaban J connectivity index is 1.55. The first kappa shape index (κ1) is 13.8. The van der Waals surface area contributed by atoms with Gasteiger partial charge < -0.3 is 4.74 Å². The molecule has 2 aliphatic rings. The third kappa shape index (κ3) is 2.30. The van der Waals surface area contributed by atoms with Crippen LogP contribution in [-0.2, 0) is 17.9 Å². The molecule has 1 aromatic heterocycles. The number of hydrogen-bond acceptors (Lipinski definition) is 4. The van der Waals surface area contributed by atoms with E-state index in [9.17, 15) is 8.78 Å². The molecule has 0 aliphatic carbocycles. The third-order valence-corrected chi connectivity index (χ3v) is 4.46. The Morgan fingerprint density at radius 2 is 2.09 bits per heavy atom. The Labute approximate surface area is 126 Å². The molecule has 2 aromatic rings. The highest BCUT2D eigenvalue weighted by molar-refractivity contribution is 5.19. The lowest BCUT2D eigenvalue weighted by atomic mass is 9.99. The van der Waals surface area contributed by atoms with Crippen molar-refractivity contribution in [2.24, 2.45) is 0 Å². The minimum atomic E-state index is -0.497. The summed E-state index contributed by atoms with van der Waals surface area (Å²) in [4.78, 5) is 2.04. The van der Waals surface area contributed by atoms with Crippen LogP contribution >= 0.6 is 0 Å². The van der Waals surface area contributed by atoms with E-state index in [-0.39, 0.29) is 24.3 Å². The fourth-order valence-corrected chi connectivity index (χ4v) is 3.30. The van der Waals surface area contributed by atoms with Gasteiger partial charge in [0, 0.05) is 25.2 Å². The van der Waals surface area contributed by atoms with Crippen LogP contribution in [0.5, 0.6) is 0 Å². The standard InChI is InChI=1S/C15H16F2N4O/c16-12-2-1-3-13(17)11(12)7-20-5-4-15-14(8-20)21-10(9-22-15)6-18-19-21/h1-3,6,14-15H,4-5,7-9H2/t14-,15-/m1/s1. The minimum Gasteiger partial charge on any atom is -0.370 e. The van der Waals surface area contributed by atoms with E-state index >= 15 is 0 Å². The molecule has 0 spiro atoms. The van der Waals surface area contributed by atoms with Crippen molar-refractivity contribution in [3.05, 3.63) is 47.3 Å². The lowest BCUT2D eigenvalue weighted by molar-refractivity contribution is -0.0672. The van der Waals surface area contributed by atoms with Crippen LogP contribution in [0.2, 0.25) is 0 Å². The largest absolute Gasteiger partial charge is 0.370 e. The summed E-state index contributed by atoms with van der Waals surface area (Å²) in [6, 6.07) is 4.03. The number of likely N-dealkylation sites (tertiary alicyclic amines) is 1. The topological polar surface area (TPSA) is 43.2 Å². The molecule has 2 aliphatic heterocycles. The number of nitrogens with zero attached hydrogens (tertiary/aromatic N) is 4. The van der Waals surface area contributed by atoms with Gasteiger partial charge in [0.1, 0.15) is 11.6 Å². The van der Waals surface area contributed by atoms with Crippen molar-refractivity contribution in [3.63, 3.8) is 0 Å². The second-order valence-corrected chi connectivity index (χ2v) is 5.81. The maximum absolute atomic E-state index is 13.8. The molecule has 0 N–H and O–H groups in total. The predicted molar refractivity (Wildman–Crippen MR) is 73.9 cm³/mol. The van der Waals surface area contributed by atoms with E-state index in [2.05, 4.69) is 10.3 Å². The second kappa shape index (κ2) is 5.40. The molecule has 0 unspecified atom stereocenters. The van der Waals surface area contributed by atoms with Crippen LogP contribution in [0.25, 0.3) is 0 Å². The van der Waals surface area contributed by atoms with Crippen molar-refractivity contribution in [3.8, 4) is 0 Å². The van der Waals surface area contributed by atoms with E-state index in [0.29, 0.717) is 13.2 Å². The van der Waals surface area contributed by atoms with Gasteiger partial charge in [-0.25, -0.2) is 13.5 Å². The number of hydrogen-bond donors (Lipinski definition) is 0. The first-order valence-corrected chi connectivity index (χ1v) is 7.38. The van der Waals surface area contributed by atoms with Gasteiger partial charge in [-0.3, -0.25) is 4.90 Å². The highest BCUT2D eigenvalue weighted by atomic mass is 19.1. The predicted octanol–water partition coefficient (Wildman–Crippen LogP) is 1.90. The van der Waals surface area contributed by atoms with Crippen LogP contribution in [0, 0.1) is 11.6 Å². The monoisotopic (exact) mass is 306 g/mol. The summed E-state index contributed by atoms with van der Waals surface area (Å²) in [5.41, 5.74) is 1.07. The zero-order valence-corrected chi connectivity index (χ0v) is 12.0. The average Bonchev–Trinajstić information content (AvgIpc) is 3.00. The van der Waals surface area contributed by atoms with E-state index in [1.807, 2.05) is 9.58 Å². The molecule has 22 heavy (non-hydrogen) atoms. The highest BCUT2D eigenvalue weighted by Crippen LogP contribution is 2.31. The molecule has 0 bridgehead atoms.